The van der Waals surface area contributed by atoms with Gasteiger partial charge in [0.2, 0.25) is 0 Å². The van der Waals surface area contributed by atoms with E-state index in [-0.39, 0.29) is 17.6 Å². The molecule has 2 unspecified atom stereocenters. The molecule has 1 aromatic carbocycles. The fourth-order valence-electron chi connectivity index (χ4n) is 2.32. The molecule has 2 nitrogen and oxygen atoms in total. The Balaban J connectivity index is 2.32. The number of aliphatic hydroxyl groups excluding tert-OH is 1. The van der Waals surface area contributed by atoms with Crippen molar-refractivity contribution in [1.29, 1.82) is 0 Å². The first kappa shape index (κ1) is 11.6. The maximum absolute atomic E-state index is 10.4. The van der Waals surface area contributed by atoms with Crippen molar-refractivity contribution >= 4 is 0 Å². The highest BCUT2D eigenvalue weighted by Gasteiger charge is 2.33. The third-order valence-electron chi connectivity index (χ3n) is 3.35. The van der Waals surface area contributed by atoms with Crippen LogP contribution >= 0.6 is 0 Å². The zero-order valence-electron chi connectivity index (χ0n) is 10.3. The molecule has 2 heteroatoms. The van der Waals surface area contributed by atoms with Gasteiger partial charge in [0.25, 0.3) is 0 Å². The molecule has 0 bridgehead atoms. The normalized spacial score (nSPS) is 22.6. The monoisotopic (exact) mass is 219 g/mol. The van der Waals surface area contributed by atoms with Gasteiger partial charge in [0.1, 0.15) is 0 Å². The van der Waals surface area contributed by atoms with Gasteiger partial charge in [-0.2, -0.15) is 0 Å². The minimum Gasteiger partial charge on any atom is -0.391 e. The molecule has 2 rings (SSSR count). The number of aliphatic hydroxyl groups is 1. The fourth-order valence-corrected chi connectivity index (χ4v) is 2.32. The van der Waals surface area contributed by atoms with Gasteiger partial charge in [0.15, 0.2) is 0 Å². The van der Waals surface area contributed by atoms with Crippen LogP contribution in [0.1, 0.15) is 37.9 Å². The predicted octanol–water partition coefficient (Wildman–Crippen LogP) is 2.28. The molecule has 0 radical (unpaired) electrons. The van der Waals surface area contributed by atoms with Crippen LogP contribution in [0.5, 0.6) is 0 Å². The zero-order chi connectivity index (χ0) is 11.8. The molecule has 16 heavy (non-hydrogen) atoms. The lowest BCUT2D eigenvalue weighted by Gasteiger charge is -2.37. The van der Waals surface area contributed by atoms with E-state index in [4.69, 9.17) is 0 Å². The molecular weight excluding hydrogens is 198 g/mol. The fraction of sp³-hybridized carbons (Fsp3) is 0.571. The van der Waals surface area contributed by atoms with Gasteiger partial charge in [-0.25, -0.2) is 0 Å². The smallest absolute Gasteiger partial charge is 0.0783 e. The molecule has 1 aromatic rings. The summed E-state index contributed by atoms with van der Waals surface area (Å²) < 4.78 is 0. The van der Waals surface area contributed by atoms with Crippen LogP contribution in [0.4, 0.5) is 0 Å². The van der Waals surface area contributed by atoms with E-state index in [1.807, 2.05) is 6.07 Å². The van der Waals surface area contributed by atoms with Crippen LogP contribution in [-0.2, 0) is 6.42 Å². The Hall–Kier alpha value is -0.860. The zero-order valence-corrected chi connectivity index (χ0v) is 10.3. The highest BCUT2D eigenvalue weighted by molar-refractivity contribution is 5.33. The molecule has 2 atom stereocenters. The molecule has 0 amide bonds. The van der Waals surface area contributed by atoms with Crippen LogP contribution in [0.2, 0.25) is 0 Å². The Morgan fingerprint density at radius 2 is 2.00 bits per heavy atom. The van der Waals surface area contributed by atoms with Crippen molar-refractivity contribution in [2.75, 3.05) is 6.54 Å². The second kappa shape index (κ2) is 4.19. The second-order valence-electron chi connectivity index (χ2n) is 5.69. The van der Waals surface area contributed by atoms with E-state index >= 15 is 0 Å². The Bertz CT molecular complexity index is 367. The number of nitrogens with one attached hydrogen (secondary N) is 1. The third-order valence-corrected chi connectivity index (χ3v) is 3.35. The van der Waals surface area contributed by atoms with Crippen LogP contribution in [0.25, 0.3) is 0 Å². The standard InChI is InChI=1S/C14H21NO/c1-14(2,3)13(16)12-11-7-5-4-6-10(11)8-9-15-12/h4-7,12-13,15-16H,8-9H2,1-3H3. The molecule has 0 saturated heterocycles. The molecule has 0 aliphatic carbocycles. The summed E-state index contributed by atoms with van der Waals surface area (Å²) in [7, 11) is 0. The summed E-state index contributed by atoms with van der Waals surface area (Å²) in [5.41, 5.74) is 2.54. The Morgan fingerprint density at radius 1 is 1.31 bits per heavy atom. The van der Waals surface area contributed by atoms with Crippen molar-refractivity contribution in [3.05, 3.63) is 35.4 Å². The third kappa shape index (κ3) is 2.13. The molecule has 0 aromatic heterocycles. The first-order chi connectivity index (χ1) is 7.50. The minimum absolute atomic E-state index is 0.0740. The highest BCUT2D eigenvalue weighted by atomic mass is 16.3. The Morgan fingerprint density at radius 3 is 2.69 bits per heavy atom. The Kier molecular flexibility index (Phi) is 3.04. The number of benzene rings is 1. The van der Waals surface area contributed by atoms with Crippen molar-refractivity contribution in [3.63, 3.8) is 0 Å². The van der Waals surface area contributed by atoms with Gasteiger partial charge < -0.3 is 10.4 Å². The van der Waals surface area contributed by atoms with Crippen molar-refractivity contribution in [2.45, 2.75) is 39.3 Å². The summed E-state index contributed by atoms with van der Waals surface area (Å²) >= 11 is 0. The minimum atomic E-state index is -0.353. The number of rotatable bonds is 1. The van der Waals surface area contributed by atoms with Crippen LogP contribution in [0.3, 0.4) is 0 Å². The van der Waals surface area contributed by atoms with Crippen molar-refractivity contribution in [1.82, 2.24) is 5.32 Å². The molecule has 1 aliphatic rings. The number of hydrogen-bond acceptors (Lipinski definition) is 2. The molecular formula is C14H21NO. The summed E-state index contributed by atoms with van der Waals surface area (Å²) in [5, 5.41) is 13.8. The molecule has 2 N–H and O–H groups in total. The number of hydrogen-bond donors (Lipinski definition) is 2. The summed E-state index contributed by atoms with van der Waals surface area (Å²) in [5.74, 6) is 0. The van der Waals surface area contributed by atoms with Crippen molar-refractivity contribution in [2.24, 2.45) is 5.41 Å². The maximum Gasteiger partial charge on any atom is 0.0783 e. The van der Waals surface area contributed by atoms with Crippen molar-refractivity contribution < 1.29 is 5.11 Å². The van der Waals surface area contributed by atoms with E-state index in [0.717, 1.165) is 13.0 Å². The lowest BCUT2D eigenvalue weighted by Crippen LogP contribution is -2.43. The van der Waals surface area contributed by atoms with Crippen molar-refractivity contribution in [3.8, 4) is 0 Å². The van der Waals surface area contributed by atoms with Crippen LogP contribution in [-0.4, -0.2) is 17.8 Å². The molecule has 0 spiro atoms. The molecule has 0 fully saturated rings. The first-order valence-electron chi connectivity index (χ1n) is 5.99. The summed E-state index contributed by atoms with van der Waals surface area (Å²) in [6, 6.07) is 8.49. The molecule has 1 aliphatic heterocycles. The quantitative estimate of drug-likeness (QED) is 0.759. The van der Waals surface area contributed by atoms with E-state index in [2.05, 4.69) is 44.3 Å². The van der Waals surface area contributed by atoms with E-state index in [1.54, 1.807) is 0 Å². The highest BCUT2D eigenvalue weighted by Crippen LogP contribution is 2.33. The average molecular weight is 219 g/mol. The lowest BCUT2D eigenvalue weighted by atomic mass is 9.79. The van der Waals surface area contributed by atoms with Crippen LogP contribution in [0.15, 0.2) is 24.3 Å². The Labute approximate surface area is 97.7 Å². The van der Waals surface area contributed by atoms with Crippen LogP contribution in [0, 0.1) is 5.41 Å². The summed E-state index contributed by atoms with van der Waals surface area (Å²) in [4.78, 5) is 0. The van der Waals surface area contributed by atoms with Gasteiger partial charge >= 0.3 is 0 Å². The van der Waals surface area contributed by atoms with Gasteiger partial charge in [-0.15, -0.1) is 0 Å². The maximum atomic E-state index is 10.4. The number of fused-ring (bicyclic) bond motifs is 1. The molecule has 1 heterocycles. The topological polar surface area (TPSA) is 32.3 Å². The predicted molar refractivity (Wildman–Crippen MR) is 66.4 cm³/mol. The van der Waals surface area contributed by atoms with E-state index in [0.29, 0.717) is 0 Å². The van der Waals surface area contributed by atoms with E-state index in [9.17, 15) is 5.11 Å². The summed E-state index contributed by atoms with van der Waals surface area (Å²) in [6.45, 7) is 7.19. The van der Waals surface area contributed by atoms with Crippen LogP contribution < -0.4 is 5.32 Å². The first-order valence-corrected chi connectivity index (χ1v) is 5.99. The van der Waals surface area contributed by atoms with Gasteiger partial charge in [-0.1, -0.05) is 45.0 Å². The summed E-state index contributed by atoms with van der Waals surface area (Å²) in [6.07, 6.45) is 0.706. The SMILES string of the molecule is CC(C)(C)C(O)C1NCCc2ccccc21. The average Bonchev–Trinajstić information content (AvgIpc) is 2.26. The van der Waals surface area contributed by atoms with Gasteiger partial charge in [-0.05, 0) is 29.5 Å². The van der Waals surface area contributed by atoms with Gasteiger partial charge in [0, 0.05) is 0 Å². The molecule has 88 valence electrons. The van der Waals surface area contributed by atoms with Gasteiger partial charge in [0.05, 0.1) is 12.1 Å². The lowest BCUT2D eigenvalue weighted by molar-refractivity contribution is 0.0264. The van der Waals surface area contributed by atoms with E-state index < -0.39 is 0 Å². The second-order valence-corrected chi connectivity index (χ2v) is 5.69. The largest absolute Gasteiger partial charge is 0.391 e. The van der Waals surface area contributed by atoms with E-state index in [1.165, 1.54) is 11.1 Å². The van der Waals surface area contributed by atoms with Gasteiger partial charge in [-0.3, -0.25) is 0 Å². The molecule has 0 saturated carbocycles.